The molecule has 8 heteroatoms. The molecule has 2 aromatic rings. The average Bonchev–Trinajstić information content (AvgIpc) is 2.91. The van der Waals surface area contributed by atoms with Crippen LogP contribution in [0.15, 0.2) is 59.1 Å². The Bertz CT molecular complexity index is 1200. The van der Waals surface area contributed by atoms with Gasteiger partial charge in [-0.15, -0.1) is 11.8 Å². The smallest absolute Gasteiger partial charge is 0.247 e. The van der Waals surface area contributed by atoms with Crippen LogP contribution in [0.3, 0.4) is 0 Å². The van der Waals surface area contributed by atoms with Crippen molar-refractivity contribution >= 4 is 50.3 Å². The first-order chi connectivity index (χ1) is 16.7. The Hall–Kier alpha value is -2.29. The fraction of sp³-hybridized carbons (Fsp3) is 0.407. The van der Waals surface area contributed by atoms with Gasteiger partial charge in [-0.25, -0.2) is 0 Å². The van der Waals surface area contributed by atoms with Crippen LogP contribution in [0, 0.1) is 0 Å². The second-order valence-electron chi connectivity index (χ2n) is 9.48. The van der Waals surface area contributed by atoms with Crippen molar-refractivity contribution in [3.8, 4) is 5.75 Å². The molecular weight excluding hydrogens is 526 g/mol. The normalized spacial score (nSPS) is 24.1. The summed E-state index contributed by atoms with van der Waals surface area (Å²) in [5, 5.41) is 8.18. The number of methoxy groups -OCH3 is 1. The molecule has 1 aliphatic heterocycles. The van der Waals surface area contributed by atoms with Crippen LogP contribution in [0.25, 0.3) is 10.8 Å². The van der Waals surface area contributed by atoms with Crippen LogP contribution in [0.5, 0.6) is 5.75 Å². The molecule has 2 aromatic carbocycles. The molecule has 1 saturated heterocycles. The number of hydrogen-bond donors (Lipinski definition) is 2. The van der Waals surface area contributed by atoms with Gasteiger partial charge in [0.15, 0.2) is 0 Å². The minimum Gasteiger partial charge on any atom is -0.496 e. The van der Waals surface area contributed by atoms with Gasteiger partial charge in [0, 0.05) is 20.0 Å². The number of allylic oxidation sites excluding steroid dienone is 2. The molecule has 4 rings (SSSR count). The molecule has 0 spiro atoms. The van der Waals surface area contributed by atoms with E-state index in [9.17, 15) is 9.59 Å². The maximum atomic E-state index is 14.2. The number of amides is 2. The van der Waals surface area contributed by atoms with Crippen molar-refractivity contribution in [3.05, 3.63) is 64.7 Å². The molecule has 4 atom stereocenters. The number of ether oxygens (including phenoxy) is 1. The standard InChI is InChI=1S/C27H32BrN3O3S/c1-16(29-4)25(32)30-24-26(33)31(21-8-6-7-9-23(21)35-27(24,2)3)15-20-19-12-11-18(28)14-17(19)10-13-22(20)34-5/h6-14,16,21,23-24,29H,15H2,1-5H3,(H,30,32)/t16?,21-,23+,24?/m1/s1. The van der Waals surface area contributed by atoms with Crippen molar-refractivity contribution in [3.63, 3.8) is 0 Å². The number of rotatable bonds is 6. The summed E-state index contributed by atoms with van der Waals surface area (Å²) in [6, 6.07) is 8.87. The number of carbonyl (C=O) groups is 2. The summed E-state index contributed by atoms with van der Waals surface area (Å²) in [7, 11) is 3.39. The minimum atomic E-state index is -0.682. The number of nitrogens with one attached hydrogen (secondary N) is 2. The first-order valence-corrected chi connectivity index (χ1v) is 13.4. The number of carbonyl (C=O) groups excluding carboxylic acids is 2. The number of halogens is 1. The van der Waals surface area contributed by atoms with Gasteiger partial charge in [0.25, 0.3) is 0 Å². The van der Waals surface area contributed by atoms with E-state index in [0.717, 1.165) is 26.6 Å². The predicted molar refractivity (Wildman–Crippen MR) is 147 cm³/mol. The van der Waals surface area contributed by atoms with Gasteiger partial charge in [0.05, 0.1) is 25.7 Å². The summed E-state index contributed by atoms with van der Waals surface area (Å²) in [4.78, 5) is 29.0. The molecule has 2 amide bonds. The predicted octanol–water partition coefficient (Wildman–Crippen LogP) is 4.42. The van der Waals surface area contributed by atoms with E-state index in [1.807, 2.05) is 49.1 Å². The third-order valence-corrected chi connectivity index (χ3v) is 8.84. The molecule has 1 heterocycles. The van der Waals surface area contributed by atoms with E-state index in [1.54, 1.807) is 32.8 Å². The fourth-order valence-corrected chi connectivity index (χ4v) is 6.60. The van der Waals surface area contributed by atoms with Crippen LogP contribution >= 0.6 is 27.7 Å². The van der Waals surface area contributed by atoms with Crippen LogP contribution in [-0.2, 0) is 16.1 Å². The Balaban J connectivity index is 1.80. The molecule has 2 N–H and O–H groups in total. The first kappa shape index (κ1) is 25.8. The lowest BCUT2D eigenvalue weighted by Gasteiger charge is -2.35. The number of hydrogen-bond acceptors (Lipinski definition) is 5. The summed E-state index contributed by atoms with van der Waals surface area (Å²) < 4.78 is 6.22. The van der Waals surface area contributed by atoms with E-state index in [0.29, 0.717) is 6.54 Å². The fourth-order valence-electron chi connectivity index (χ4n) is 4.68. The monoisotopic (exact) mass is 557 g/mol. The number of fused-ring (bicyclic) bond motifs is 2. The Morgan fingerprint density at radius 1 is 1.23 bits per heavy atom. The van der Waals surface area contributed by atoms with E-state index in [1.165, 1.54) is 0 Å². The summed E-state index contributed by atoms with van der Waals surface area (Å²) in [5.41, 5.74) is 0.950. The molecule has 0 radical (unpaired) electrons. The lowest BCUT2D eigenvalue weighted by atomic mass is 9.97. The summed E-state index contributed by atoms with van der Waals surface area (Å²) in [6.07, 6.45) is 8.26. The van der Waals surface area contributed by atoms with Crippen LogP contribution in [0.1, 0.15) is 26.3 Å². The van der Waals surface area contributed by atoms with E-state index in [4.69, 9.17) is 4.74 Å². The van der Waals surface area contributed by atoms with Gasteiger partial charge >= 0.3 is 0 Å². The molecule has 35 heavy (non-hydrogen) atoms. The highest BCUT2D eigenvalue weighted by Crippen LogP contribution is 2.42. The van der Waals surface area contributed by atoms with Crippen molar-refractivity contribution in [1.82, 2.24) is 15.5 Å². The molecule has 0 saturated carbocycles. The van der Waals surface area contributed by atoms with Gasteiger partial charge in [0.1, 0.15) is 11.8 Å². The lowest BCUT2D eigenvalue weighted by Crippen LogP contribution is -2.59. The second kappa shape index (κ2) is 10.4. The zero-order valence-electron chi connectivity index (χ0n) is 20.7. The molecule has 2 aliphatic rings. The van der Waals surface area contributed by atoms with Crippen LogP contribution < -0.4 is 15.4 Å². The van der Waals surface area contributed by atoms with E-state index in [-0.39, 0.29) is 23.1 Å². The van der Waals surface area contributed by atoms with Gasteiger partial charge in [-0.05, 0) is 56.8 Å². The van der Waals surface area contributed by atoms with Crippen molar-refractivity contribution in [2.75, 3.05) is 14.2 Å². The van der Waals surface area contributed by atoms with Gasteiger partial charge < -0.3 is 20.3 Å². The molecule has 1 aliphatic carbocycles. The molecular formula is C27H32BrN3O3S. The maximum Gasteiger partial charge on any atom is 0.247 e. The lowest BCUT2D eigenvalue weighted by molar-refractivity contribution is -0.138. The van der Waals surface area contributed by atoms with Crippen molar-refractivity contribution in [2.45, 2.75) is 55.4 Å². The quantitative estimate of drug-likeness (QED) is 0.550. The van der Waals surface area contributed by atoms with Crippen LogP contribution in [0.4, 0.5) is 0 Å². The minimum absolute atomic E-state index is 0.0673. The van der Waals surface area contributed by atoms with Crippen LogP contribution in [0.2, 0.25) is 0 Å². The molecule has 0 aromatic heterocycles. The van der Waals surface area contributed by atoms with Crippen molar-refractivity contribution in [1.29, 1.82) is 0 Å². The van der Waals surface area contributed by atoms with Gasteiger partial charge in [-0.2, -0.15) is 0 Å². The Morgan fingerprint density at radius 2 is 1.97 bits per heavy atom. The SMILES string of the molecule is CNC(C)C(=O)NC1C(=O)N(Cc2c(OC)ccc3cc(Br)ccc23)[C@@H]2C=CC=C[C@@H]2SC1(C)C. The number of likely N-dealkylation sites (N-methyl/N-ethyl adjacent to an activating group) is 1. The zero-order chi connectivity index (χ0) is 25.3. The summed E-state index contributed by atoms with van der Waals surface area (Å²) in [5.74, 6) is 0.450. The van der Waals surface area contributed by atoms with E-state index < -0.39 is 16.8 Å². The van der Waals surface area contributed by atoms with Crippen LogP contribution in [-0.4, -0.2) is 59.0 Å². The average molecular weight is 559 g/mol. The molecule has 2 unspecified atom stereocenters. The number of thioether (sulfide) groups is 1. The largest absolute Gasteiger partial charge is 0.496 e. The number of nitrogens with zero attached hydrogens (tertiary/aromatic N) is 1. The van der Waals surface area contributed by atoms with Gasteiger partial charge in [-0.3, -0.25) is 9.59 Å². The van der Waals surface area contributed by atoms with E-state index in [2.05, 4.69) is 50.8 Å². The van der Waals surface area contributed by atoms with Crippen molar-refractivity contribution in [2.24, 2.45) is 0 Å². The topological polar surface area (TPSA) is 70.7 Å². The second-order valence-corrected chi connectivity index (χ2v) is 12.2. The molecule has 1 fully saturated rings. The van der Waals surface area contributed by atoms with E-state index >= 15 is 0 Å². The summed E-state index contributed by atoms with van der Waals surface area (Å²) >= 11 is 5.28. The van der Waals surface area contributed by atoms with Crippen molar-refractivity contribution < 1.29 is 14.3 Å². The highest BCUT2D eigenvalue weighted by atomic mass is 79.9. The Morgan fingerprint density at radius 3 is 2.69 bits per heavy atom. The third kappa shape index (κ3) is 5.15. The highest BCUT2D eigenvalue weighted by Gasteiger charge is 2.48. The zero-order valence-corrected chi connectivity index (χ0v) is 23.1. The summed E-state index contributed by atoms with van der Waals surface area (Å²) in [6.45, 7) is 6.23. The molecule has 6 nitrogen and oxygen atoms in total. The maximum absolute atomic E-state index is 14.2. The third-order valence-electron chi connectivity index (χ3n) is 6.79. The molecule has 186 valence electrons. The van der Waals surface area contributed by atoms with Gasteiger partial charge in [0.2, 0.25) is 11.8 Å². The number of benzene rings is 2. The Labute approximate surface area is 219 Å². The first-order valence-electron chi connectivity index (χ1n) is 11.7. The Kier molecular flexibility index (Phi) is 7.64. The molecule has 0 bridgehead atoms. The highest BCUT2D eigenvalue weighted by molar-refractivity contribution is 9.10. The van der Waals surface area contributed by atoms with Gasteiger partial charge in [-0.1, -0.05) is 52.4 Å².